The molecule has 0 bridgehead atoms. The second kappa shape index (κ2) is 7.78. The largest absolute Gasteiger partial charge is 0.467 e. The molecule has 0 aliphatic heterocycles. The van der Waals surface area contributed by atoms with Gasteiger partial charge in [-0.15, -0.1) is 0 Å². The molecule has 0 aliphatic carbocycles. The summed E-state index contributed by atoms with van der Waals surface area (Å²) < 4.78 is 5.38. The lowest BCUT2D eigenvalue weighted by atomic mass is 10.2. The highest BCUT2D eigenvalue weighted by molar-refractivity contribution is 5.30. The Hall–Kier alpha value is -1.88. The second-order valence-corrected chi connectivity index (χ2v) is 5.51. The number of nitrogens with one attached hydrogen (secondary N) is 1. The van der Waals surface area contributed by atoms with Crippen LogP contribution in [0.15, 0.2) is 35.2 Å². The highest BCUT2D eigenvalue weighted by Crippen LogP contribution is 2.12. The zero-order valence-corrected chi connectivity index (χ0v) is 13.0. The highest BCUT2D eigenvalue weighted by Gasteiger charge is 2.09. The van der Waals surface area contributed by atoms with Crippen LogP contribution in [-0.2, 0) is 13.1 Å². The molecule has 0 atom stereocenters. The number of aromatic nitrogens is 2. The van der Waals surface area contributed by atoms with E-state index < -0.39 is 0 Å². The molecule has 0 saturated heterocycles. The Kier molecular flexibility index (Phi) is 5.75. The van der Waals surface area contributed by atoms with Gasteiger partial charge in [0, 0.05) is 31.0 Å². The summed E-state index contributed by atoms with van der Waals surface area (Å²) in [6.07, 6.45) is 5.47. The van der Waals surface area contributed by atoms with E-state index in [9.17, 15) is 0 Å². The van der Waals surface area contributed by atoms with Gasteiger partial charge in [-0.1, -0.05) is 13.8 Å². The third-order valence-corrected chi connectivity index (χ3v) is 3.16. The van der Waals surface area contributed by atoms with E-state index in [0.717, 1.165) is 36.9 Å². The molecule has 0 unspecified atom stereocenters. The summed E-state index contributed by atoms with van der Waals surface area (Å²) >= 11 is 0. The van der Waals surface area contributed by atoms with Gasteiger partial charge in [0.2, 0.25) is 5.95 Å². The molecule has 2 heterocycles. The van der Waals surface area contributed by atoms with Crippen LogP contribution in [0.2, 0.25) is 0 Å². The molecular formula is C16H24N4O. The monoisotopic (exact) mass is 288 g/mol. The van der Waals surface area contributed by atoms with Crippen LogP contribution < -0.4 is 10.2 Å². The summed E-state index contributed by atoms with van der Waals surface area (Å²) in [5.74, 6) is 2.30. The zero-order chi connectivity index (χ0) is 15.1. The average molecular weight is 288 g/mol. The number of rotatable bonds is 8. The summed E-state index contributed by atoms with van der Waals surface area (Å²) in [5, 5.41) is 3.39. The van der Waals surface area contributed by atoms with E-state index in [1.165, 1.54) is 0 Å². The SMILES string of the molecule is CCN(Cc1ccco1)c1ncc(CNCC(C)C)cn1. The molecule has 1 N–H and O–H groups in total. The fourth-order valence-electron chi connectivity index (χ4n) is 2.02. The second-order valence-electron chi connectivity index (χ2n) is 5.51. The first-order valence-electron chi connectivity index (χ1n) is 7.48. The molecule has 5 heteroatoms. The lowest BCUT2D eigenvalue weighted by Gasteiger charge is -2.19. The quantitative estimate of drug-likeness (QED) is 0.809. The van der Waals surface area contributed by atoms with Crippen molar-refractivity contribution in [1.29, 1.82) is 0 Å². The topological polar surface area (TPSA) is 54.2 Å². The Morgan fingerprint density at radius 3 is 2.62 bits per heavy atom. The van der Waals surface area contributed by atoms with E-state index in [4.69, 9.17) is 4.42 Å². The summed E-state index contributed by atoms with van der Waals surface area (Å²) in [6, 6.07) is 3.86. The Labute approximate surface area is 126 Å². The van der Waals surface area contributed by atoms with Crippen molar-refractivity contribution in [2.75, 3.05) is 18.0 Å². The van der Waals surface area contributed by atoms with Gasteiger partial charge in [0.25, 0.3) is 0 Å². The smallest absolute Gasteiger partial charge is 0.225 e. The maximum atomic E-state index is 5.38. The minimum Gasteiger partial charge on any atom is -0.467 e. The molecule has 2 aromatic heterocycles. The molecule has 0 spiro atoms. The summed E-state index contributed by atoms with van der Waals surface area (Å²) in [4.78, 5) is 11.0. The first kappa shape index (κ1) is 15.5. The van der Waals surface area contributed by atoms with Crippen molar-refractivity contribution in [2.45, 2.75) is 33.9 Å². The minimum atomic E-state index is 0.647. The van der Waals surface area contributed by atoms with Crippen LogP contribution in [0.25, 0.3) is 0 Å². The van der Waals surface area contributed by atoms with Gasteiger partial charge in [0.05, 0.1) is 12.8 Å². The highest BCUT2D eigenvalue weighted by atomic mass is 16.3. The van der Waals surface area contributed by atoms with Crippen molar-refractivity contribution in [3.63, 3.8) is 0 Å². The van der Waals surface area contributed by atoms with Gasteiger partial charge in [-0.3, -0.25) is 0 Å². The van der Waals surface area contributed by atoms with Crippen LogP contribution in [0.4, 0.5) is 5.95 Å². The molecule has 114 valence electrons. The number of anilines is 1. The van der Waals surface area contributed by atoms with E-state index in [0.29, 0.717) is 12.5 Å². The predicted octanol–water partition coefficient (Wildman–Crippen LogP) is 2.84. The predicted molar refractivity (Wildman–Crippen MR) is 84.0 cm³/mol. The van der Waals surface area contributed by atoms with Crippen LogP contribution in [-0.4, -0.2) is 23.1 Å². The Bertz CT molecular complexity index is 508. The molecule has 21 heavy (non-hydrogen) atoms. The number of furan rings is 1. The van der Waals surface area contributed by atoms with Gasteiger partial charge in [0.1, 0.15) is 5.76 Å². The van der Waals surface area contributed by atoms with Crippen LogP contribution >= 0.6 is 0 Å². The van der Waals surface area contributed by atoms with Crippen molar-refractivity contribution >= 4 is 5.95 Å². The van der Waals surface area contributed by atoms with E-state index >= 15 is 0 Å². The van der Waals surface area contributed by atoms with Crippen molar-refractivity contribution in [3.8, 4) is 0 Å². The molecule has 0 saturated carbocycles. The molecule has 0 aliphatic rings. The van der Waals surface area contributed by atoms with Crippen LogP contribution in [0.3, 0.4) is 0 Å². The van der Waals surface area contributed by atoms with Gasteiger partial charge in [-0.25, -0.2) is 9.97 Å². The van der Waals surface area contributed by atoms with Gasteiger partial charge in [-0.2, -0.15) is 0 Å². The fraction of sp³-hybridized carbons (Fsp3) is 0.500. The first-order valence-corrected chi connectivity index (χ1v) is 7.48. The van der Waals surface area contributed by atoms with Crippen LogP contribution in [0.1, 0.15) is 32.1 Å². The van der Waals surface area contributed by atoms with E-state index in [1.807, 2.05) is 24.5 Å². The molecule has 2 rings (SSSR count). The van der Waals surface area contributed by atoms with Gasteiger partial charge < -0.3 is 14.6 Å². The Morgan fingerprint density at radius 2 is 2.05 bits per heavy atom. The molecule has 0 fully saturated rings. The maximum absolute atomic E-state index is 5.38. The number of nitrogens with zero attached hydrogens (tertiary/aromatic N) is 3. The van der Waals surface area contributed by atoms with Crippen LogP contribution in [0.5, 0.6) is 0 Å². The first-order chi connectivity index (χ1) is 10.2. The zero-order valence-electron chi connectivity index (χ0n) is 13.0. The maximum Gasteiger partial charge on any atom is 0.225 e. The van der Waals surface area contributed by atoms with Gasteiger partial charge in [0.15, 0.2) is 0 Å². The molecular weight excluding hydrogens is 264 g/mol. The molecule has 2 aromatic rings. The van der Waals surface area contributed by atoms with Crippen LogP contribution in [0, 0.1) is 5.92 Å². The average Bonchev–Trinajstić information content (AvgIpc) is 2.98. The third kappa shape index (κ3) is 4.86. The normalized spacial score (nSPS) is 11.0. The summed E-state index contributed by atoms with van der Waals surface area (Å²) in [7, 11) is 0. The lowest BCUT2D eigenvalue weighted by molar-refractivity contribution is 0.501. The van der Waals surface area contributed by atoms with Crippen molar-refractivity contribution in [3.05, 3.63) is 42.1 Å². The van der Waals surface area contributed by atoms with Gasteiger partial charge >= 0.3 is 0 Å². The third-order valence-electron chi connectivity index (χ3n) is 3.16. The fourth-order valence-corrected chi connectivity index (χ4v) is 2.02. The molecule has 5 nitrogen and oxygen atoms in total. The van der Waals surface area contributed by atoms with Crippen molar-refractivity contribution in [2.24, 2.45) is 5.92 Å². The summed E-state index contributed by atoms with van der Waals surface area (Å²) in [6.45, 7) is 9.81. The molecule has 0 aromatic carbocycles. The van der Waals surface area contributed by atoms with E-state index in [1.54, 1.807) is 6.26 Å². The minimum absolute atomic E-state index is 0.647. The van der Waals surface area contributed by atoms with Crippen molar-refractivity contribution < 1.29 is 4.42 Å². The number of hydrogen-bond donors (Lipinski definition) is 1. The van der Waals surface area contributed by atoms with E-state index in [2.05, 4.69) is 41.0 Å². The summed E-state index contributed by atoms with van der Waals surface area (Å²) in [5.41, 5.74) is 1.11. The van der Waals surface area contributed by atoms with Gasteiger partial charge in [-0.05, 0) is 31.5 Å². The lowest BCUT2D eigenvalue weighted by Crippen LogP contribution is -2.24. The Morgan fingerprint density at radius 1 is 1.29 bits per heavy atom. The molecule has 0 amide bonds. The van der Waals surface area contributed by atoms with Crippen molar-refractivity contribution in [1.82, 2.24) is 15.3 Å². The van der Waals surface area contributed by atoms with E-state index in [-0.39, 0.29) is 0 Å². The number of hydrogen-bond acceptors (Lipinski definition) is 5. The molecule has 0 radical (unpaired) electrons. The Balaban J connectivity index is 1.93. The standard InChI is InChI=1S/C16H24N4O/c1-4-20(12-15-6-5-7-21-15)16-18-10-14(11-19-16)9-17-8-13(2)3/h5-7,10-11,13,17H,4,8-9,12H2,1-3H3.